The van der Waals surface area contributed by atoms with Crippen LogP contribution in [0.2, 0.25) is 0 Å². The molecule has 0 bridgehead atoms. The zero-order valence-electron chi connectivity index (χ0n) is 35.5. The number of urea groups is 1. The number of carboxylic acids is 1. The Labute approximate surface area is 337 Å². The Balaban J connectivity index is 0.979. The summed E-state index contributed by atoms with van der Waals surface area (Å²) in [6.07, 6.45) is 15.0. The van der Waals surface area contributed by atoms with Crippen molar-refractivity contribution < 1.29 is 24.2 Å². The van der Waals surface area contributed by atoms with Gasteiger partial charge >= 0.3 is 12.0 Å². The molecule has 1 aromatic carbocycles. The van der Waals surface area contributed by atoms with E-state index < -0.39 is 5.97 Å². The standard InChI is InChI=1S/C48H71N3O5/c1-32(2)36-14-21-48(49-43(54)51-24-17-35(18-25-51)56-31-28-50-26-29-55-30-27-50)23-22-46(6)38(41(36)48)12-13-40-45(5)19-15-37(33-8-10-34(11-9-33)42(52)53)44(3,4)39(45)16-20-47(40,46)7/h8-11,15,35-36,38-41H,1,12-14,16-31H2,2-7H3,(H,49,54)(H,52,53)/t36-,38+,39-,40+,41+,45-,46+,47+,48-/m0/s1. The number of piperidine rings is 1. The number of carbonyl (C=O) groups is 2. The van der Waals surface area contributed by atoms with Gasteiger partial charge in [0, 0.05) is 38.3 Å². The van der Waals surface area contributed by atoms with Crippen LogP contribution in [0.5, 0.6) is 0 Å². The molecule has 0 radical (unpaired) electrons. The minimum atomic E-state index is -0.872. The Bertz CT molecular complexity index is 1690. The number of carbonyl (C=O) groups excluding carboxylic acids is 1. The summed E-state index contributed by atoms with van der Waals surface area (Å²) >= 11 is 0. The number of hydrogen-bond acceptors (Lipinski definition) is 5. The molecule has 8 rings (SSSR count). The van der Waals surface area contributed by atoms with Crippen LogP contribution in [0, 0.1) is 51.2 Å². The van der Waals surface area contributed by atoms with E-state index in [1.54, 1.807) is 12.1 Å². The van der Waals surface area contributed by atoms with Gasteiger partial charge in [-0.15, -0.1) is 0 Å². The van der Waals surface area contributed by atoms with Crippen LogP contribution in [-0.2, 0) is 9.47 Å². The highest BCUT2D eigenvalue weighted by Gasteiger charge is 2.70. The van der Waals surface area contributed by atoms with Crippen LogP contribution in [-0.4, -0.2) is 91.1 Å². The predicted octanol–water partition coefficient (Wildman–Crippen LogP) is 9.31. The second-order valence-corrected chi connectivity index (χ2v) is 20.7. The number of nitrogens with one attached hydrogen (secondary N) is 1. The van der Waals surface area contributed by atoms with Crippen LogP contribution in [0.3, 0.4) is 0 Å². The van der Waals surface area contributed by atoms with Crippen molar-refractivity contribution in [2.45, 2.75) is 124 Å². The highest BCUT2D eigenvalue weighted by atomic mass is 16.5. The van der Waals surface area contributed by atoms with E-state index in [-0.39, 0.29) is 39.3 Å². The number of morpholine rings is 1. The first-order valence-electron chi connectivity index (χ1n) is 22.3. The molecule has 6 fully saturated rings. The third-order valence-corrected chi connectivity index (χ3v) is 18.0. The lowest BCUT2D eigenvalue weighted by Gasteiger charge is -2.72. The molecule has 2 aliphatic heterocycles. The van der Waals surface area contributed by atoms with E-state index in [1.807, 2.05) is 12.1 Å². The van der Waals surface area contributed by atoms with Gasteiger partial charge in [-0.1, -0.05) is 65.0 Å². The van der Waals surface area contributed by atoms with E-state index in [9.17, 15) is 14.7 Å². The number of amides is 2. The molecule has 0 aromatic heterocycles. The SMILES string of the molecule is C=C(C)[C@@H]1CC[C@]2(NC(=O)N3CCC(OCCN4CCOCC4)CC3)CC[C@]3(C)[C@H](CC[C@@H]4[C@@]5(C)CC=C(c6ccc(C(=O)O)cc6)C(C)(C)[C@@H]5CC[C@]43C)[C@@H]12. The highest BCUT2D eigenvalue weighted by molar-refractivity contribution is 5.88. The fraction of sp³-hybridized carbons (Fsp3) is 0.750. The third kappa shape index (κ3) is 6.51. The van der Waals surface area contributed by atoms with E-state index in [2.05, 4.69) is 69.3 Å². The lowest BCUT2D eigenvalue weighted by Crippen LogP contribution is -2.69. The third-order valence-electron chi connectivity index (χ3n) is 18.0. The first kappa shape index (κ1) is 40.1. The minimum Gasteiger partial charge on any atom is -0.478 e. The second kappa shape index (κ2) is 14.9. The van der Waals surface area contributed by atoms with Crippen molar-refractivity contribution in [1.82, 2.24) is 15.1 Å². The summed E-state index contributed by atoms with van der Waals surface area (Å²) in [6, 6.07) is 7.72. The Morgan fingerprint density at radius 3 is 2.27 bits per heavy atom. The zero-order chi connectivity index (χ0) is 39.7. The summed E-state index contributed by atoms with van der Waals surface area (Å²) < 4.78 is 11.8. The molecule has 7 aliphatic rings. The molecule has 0 unspecified atom stereocenters. The number of allylic oxidation sites excluding steroid dienone is 3. The Morgan fingerprint density at radius 2 is 1.59 bits per heavy atom. The lowest BCUT2D eigenvalue weighted by molar-refractivity contribution is -0.218. The number of carboxylic acid groups (broad SMARTS) is 1. The number of likely N-dealkylation sites (tertiary alicyclic amines) is 1. The van der Waals surface area contributed by atoms with Gasteiger partial charge in [0.05, 0.1) is 31.5 Å². The Kier molecular flexibility index (Phi) is 10.6. The lowest BCUT2D eigenvalue weighted by atomic mass is 9.33. The van der Waals surface area contributed by atoms with E-state index in [0.717, 1.165) is 91.1 Å². The van der Waals surface area contributed by atoms with Gasteiger partial charge in [-0.05, 0) is 152 Å². The molecule has 2 heterocycles. The summed E-state index contributed by atoms with van der Waals surface area (Å²) in [6.45, 7) is 26.6. The Hall–Kier alpha value is -2.68. The molecule has 1 aromatic rings. The monoisotopic (exact) mass is 770 g/mol. The number of hydrogen-bond donors (Lipinski definition) is 2. The average Bonchev–Trinajstić information content (AvgIpc) is 3.55. The number of aromatic carboxylic acids is 1. The zero-order valence-corrected chi connectivity index (χ0v) is 35.5. The molecule has 2 saturated heterocycles. The van der Waals surface area contributed by atoms with Gasteiger partial charge in [0.25, 0.3) is 0 Å². The maximum absolute atomic E-state index is 14.3. The van der Waals surface area contributed by atoms with Gasteiger partial charge in [0.15, 0.2) is 0 Å². The normalized spacial score (nSPS) is 39.7. The topological polar surface area (TPSA) is 91.3 Å². The average molecular weight is 770 g/mol. The molecule has 9 atom stereocenters. The molecule has 0 spiro atoms. The van der Waals surface area contributed by atoms with E-state index in [4.69, 9.17) is 9.47 Å². The smallest absolute Gasteiger partial charge is 0.335 e. The summed E-state index contributed by atoms with van der Waals surface area (Å²) in [5, 5.41) is 13.4. The van der Waals surface area contributed by atoms with Crippen LogP contribution in [0.15, 0.2) is 42.5 Å². The summed E-state index contributed by atoms with van der Waals surface area (Å²) in [5.74, 6) is 1.75. The largest absolute Gasteiger partial charge is 0.478 e. The molecule has 2 amide bonds. The molecule has 8 nitrogen and oxygen atoms in total. The predicted molar refractivity (Wildman–Crippen MR) is 222 cm³/mol. The van der Waals surface area contributed by atoms with E-state index >= 15 is 0 Å². The van der Waals surface area contributed by atoms with Crippen LogP contribution < -0.4 is 5.32 Å². The molecule has 56 heavy (non-hydrogen) atoms. The quantitative estimate of drug-likeness (QED) is 0.256. The fourth-order valence-corrected chi connectivity index (χ4v) is 14.9. The second-order valence-electron chi connectivity index (χ2n) is 20.7. The summed E-state index contributed by atoms with van der Waals surface area (Å²) in [5.41, 5.74) is 4.63. The van der Waals surface area contributed by atoms with Crippen LogP contribution in [0.1, 0.15) is 128 Å². The maximum Gasteiger partial charge on any atom is 0.335 e. The van der Waals surface area contributed by atoms with E-state index in [0.29, 0.717) is 35.2 Å². The number of benzene rings is 1. The summed E-state index contributed by atoms with van der Waals surface area (Å²) in [7, 11) is 0. The maximum atomic E-state index is 14.3. The number of nitrogens with zero attached hydrogens (tertiary/aromatic N) is 2. The van der Waals surface area contributed by atoms with E-state index in [1.165, 1.54) is 48.8 Å². The molecule has 308 valence electrons. The van der Waals surface area contributed by atoms with Gasteiger partial charge in [-0.3, -0.25) is 4.90 Å². The molecular formula is C48H71N3O5. The van der Waals surface area contributed by atoms with Crippen molar-refractivity contribution in [2.75, 3.05) is 52.5 Å². The highest BCUT2D eigenvalue weighted by Crippen LogP contribution is 2.76. The molecular weight excluding hydrogens is 699 g/mol. The van der Waals surface area contributed by atoms with Crippen molar-refractivity contribution in [3.8, 4) is 0 Å². The fourth-order valence-electron chi connectivity index (χ4n) is 14.9. The van der Waals surface area contributed by atoms with Crippen molar-refractivity contribution in [1.29, 1.82) is 0 Å². The number of ether oxygens (including phenoxy) is 2. The van der Waals surface area contributed by atoms with Crippen molar-refractivity contribution >= 4 is 17.6 Å². The molecule has 4 saturated carbocycles. The number of fused-ring (bicyclic) bond motifs is 7. The van der Waals surface area contributed by atoms with Crippen molar-refractivity contribution in [3.63, 3.8) is 0 Å². The van der Waals surface area contributed by atoms with Crippen LogP contribution in [0.4, 0.5) is 4.79 Å². The van der Waals surface area contributed by atoms with Crippen molar-refractivity contribution in [3.05, 3.63) is 53.6 Å². The van der Waals surface area contributed by atoms with Crippen LogP contribution >= 0.6 is 0 Å². The Morgan fingerprint density at radius 1 is 0.875 bits per heavy atom. The molecule has 2 N–H and O–H groups in total. The van der Waals surface area contributed by atoms with Gasteiger partial charge in [-0.25, -0.2) is 9.59 Å². The van der Waals surface area contributed by atoms with Crippen molar-refractivity contribution in [2.24, 2.45) is 51.2 Å². The minimum absolute atomic E-state index is 0.0111. The van der Waals surface area contributed by atoms with Gasteiger partial charge in [-0.2, -0.15) is 0 Å². The van der Waals surface area contributed by atoms with Gasteiger partial charge < -0.3 is 24.8 Å². The van der Waals surface area contributed by atoms with Gasteiger partial charge in [0.2, 0.25) is 0 Å². The number of rotatable bonds is 8. The first-order chi connectivity index (χ1) is 26.6. The first-order valence-corrected chi connectivity index (χ1v) is 22.3. The van der Waals surface area contributed by atoms with Gasteiger partial charge in [0.1, 0.15) is 0 Å². The summed E-state index contributed by atoms with van der Waals surface area (Å²) in [4.78, 5) is 30.4. The van der Waals surface area contributed by atoms with Crippen LogP contribution in [0.25, 0.3) is 5.57 Å². The molecule has 8 heteroatoms. The molecule has 5 aliphatic carbocycles.